The summed E-state index contributed by atoms with van der Waals surface area (Å²) < 4.78 is 18.4. The summed E-state index contributed by atoms with van der Waals surface area (Å²) in [5.74, 6) is 0.461. The van der Waals surface area contributed by atoms with E-state index in [0.29, 0.717) is 17.9 Å². The van der Waals surface area contributed by atoms with E-state index in [2.05, 4.69) is 6.92 Å². The van der Waals surface area contributed by atoms with Crippen molar-refractivity contribution in [2.45, 2.75) is 26.7 Å². The summed E-state index contributed by atoms with van der Waals surface area (Å²) >= 11 is 0. The fraction of sp³-hybridized carbons (Fsp3) is 0.455. The Bertz CT molecular complexity index is 271. The zero-order chi connectivity index (χ0) is 9.68. The van der Waals surface area contributed by atoms with Gasteiger partial charge in [0.05, 0.1) is 6.61 Å². The number of ether oxygens (including phenoxy) is 1. The van der Waals surface area contributed by atoms with E-state index in [4.69, 9.17) is 4.74 Å². The minimum Gasteiger partial charge on any atom is -0.493 e. The average Bonchev–Trinajstić information content (AvgIpc) is 2.13. The molecular weight excluding hydrogens is 167 g/mol. The third kappa shape index (κ3) is 2.72. The molecule has 0 aliphatic heterocycles. The smallest absolute Gasteiger partial charge is 0.129 e. The molecular formula is C11H15FO. The number of unbranched alkanes of at least 4 members (excludes halogenated alkanes) is 1. The van der Waals surface area contributed by atoms with E-state index in [1.165, 1.54) is 6.07 Å². The number of hydrogen-bond donors (Lipinski definition) is 0. The van der Waals surface area contributed by atoms with Crippen molar-refractivity contribution in [1.82, 2.24) is 0 Å². The number of rotatable bonds is 4. The van der Waals surface area contributed by atoms with Gasteiger partial charge in [0.2, 0.25) is 0 Å². The Balaban J connectivity index is 2.61. The lowest BCUT2D eigenvalue weighted by Crippen LogP contribution is -1.99. The predicted octanol–water partition coefficient (Wildman–Crippen LogP) is 3.31. The van der Waals surface area contributed by atoms with Crippen molar-refractivity contribution in [3.05, 3.63) is 29.6 Å². The third-order valence-electron chi connectivity index (χ3n) is 1.97. The Morgan fingerprint density at radius 1 is 1.38 bits per heavy atom. The van der Waals surface area contributed by atoms with Crippen molar-refractivity contribution in [2.75, 3.05) is 6.61 Å². The Morgan fingerprint density at radius 3 is 2.85 bits per heavy atom. The summed E-state index contributed by atoms with van der Waals surface area (Å²) in [6.07, 6.45) is 2.10. The zero-order valence-corrected chi connectivity index (χ0v) is 8.14. The van der Waals surface area contributed by atoms with Crippen molar-refractivity contribution in [3.8, 4) is 5.75 Å². The van der Waals surface area contributed by atoms with Crippen LogP contribution in [0.2, 0.25) is 0 Å². The molecule has 0 amide bonds. The molecule has 0 spiro atoms. The molecule has 0 radical (unpaired) electrons. The maximum atomic E-state index is 13.0. The van der Waals surface area contributed by atoms with Crippen LogP contribution in [-0.4, -0.2) is 6.61 Å². The van der Waals surface area contributed by atoms with Gasteiger partial charge in [0.25, 0.3) is 0 Å². The Morgan fingerprint density at radius 2 is 2.15 bits per heavy atom. The Hall–Kier alpha value is -1.05. The van der Waals surface area contributed by atoms with Gasteiger partial charge >= 0.3 is 0 Å². The molecule has 2 heteroatoms. The first kappa shape index (κ1) is 10.0. The first-order valence-electron chi connectivity index (χ1n) is 4.63. The van der Waals surface area contributed by atoms with Crippen LogP contribution in [0.25, 0.3) is 0 Å². The first-order chi connectivity index (χ1) is 6.25. The summed E-state index contributed by atoms with van der Waals surface area (Å²) in [6, 6.07) is 4.92. The van der Waals surface area contributed by atoms with Crippen LogP contribution in [0.15, 0.2) is 18.2 Å². The van der Waals surface area contributed by atoms with E-state index in [1.807, 2.05) is 0 Å². The number of hydrogen-bond acceptors (Lipinski definition) is 1. The minimum absolute atomic E-state index is 0.200. The van der Waals surface area contributed by atoms with Crippen molar-refractivity contribution >= 4 is 0 Å². The van der Waals surface area contributed by atoms with Gasteiger partial charge in [0, 0.05) is 5.56 Å². The standard InChI is InChI=1S/C11H15FO/c1-3-4-8-13-11-7-5-6-10(12)9(11)2/h5-7H,3-4,8H2,1-2H3. The summed E-state index contributed by atoms with van der Waals surface area (Å²) in [6.45, 7) is 4.50. The highest BCUT2D eigenvalue weighted by molar-refractivity contribution is 5.33. The second-order valence-electron chi connectivity index (χ2n) is 3.06. The highest BCUT2D eigenvalue weighted by Gasteiger charge is 2.02. The molecule has 0 aliphatic rings. The first-order valence-corrected chi connectivity index (χ1v) is 4.63. The molecule has 1 nitrogen and oxygen atoms in total. The second kappa shape index (κ2) is 4.85. The van der Waals surface area contributed by atoms with Gasteiger partial charge < -0.3 is 4.74 Å². The average molecular weight is 182 g/mol. The maximum absolute atomic E-state index is 13.0. The molecule has 0 saturated heterocycles. The largest absolute Gasteiger partial charge is 0.493 e. The van der Waals surface area contributed by atoms with E-state index in [-0.39, 0.29) is 5.82 Å². The van der Waals surface area contributed by atoms with Gasteiger partial charge in [-0.1, -0.05) is 19.4 Å². The van der Waals surface area contributed by atoms with Crippen LogP contribution in [0, 0.1) is 12.7 Å². The summed E-state index contributed by atoms with van der Waals surface area (Å²) in [7, 11) is 0. The van der Waals surface area contributed by atoms with Gasteiger partial charge in [0.15, 0.2) is 0 Å². The quantitative estimate of drug-likeness (QED) is 0.649. The normalized spacial score (nSPS) is 10.1. The summed E-state index contributed by atoms with van der Waals surface area (Å²) in [5.41, 5.74) is 0.596. The summed E-state index contributed by atoms with van der Waals surface area (Å²) in [5, 5.41) is 0. The lowest BCUT2D eigenvalue weighted by molar-refractivity contribution is 0.305. The van der Waals surface area contributed by atoms with E-state index in [0.717, 1.165) is 12.8 Å². The molecule has 1 aromatic carbocycles. The van der Waals surface area contributed by atoms with Gasteiger partial charge in [-0.05, 0) is 25.5 Å². The molecule has 0 aliphatic carbocycles. The molecule has 0 saturated carbocycles. The van der Waals surface area contributed by atoms with E-state index < -0.39 is 0 Å². The van der Waals surface area contributed by atoms with Gasteiger partial charge in [0.1, 0.15) is 11.6 Å². The SMILES string of the molecule is CCCCOc1cccc(F)c1C. The monoisotopic (exact) mass is 182 g/mol. The number of benzene rings is 1. The molecule has 0 N–H and O–H groups in total. The Kier molecular flexibility index (Phi) is 3.74. The maximum Gasteiger partial charge on any atom is 0.129 e. The Labute approximate surface area is 78.5 Å². The molecule has 0 heterocycles. The second-order valence-corrected chi connectivity index (χ2v) is 3.06. The van der Waals surface area contributed by atoms with Crippen LogP contribution in [0.5, 0.6) is 5.75 Å². The van der Waals surface area contributed by atoms with Crippen LogP contribution in [0.1, 0.15) is 25.3 Å². The van der Waals surface area contributed by atoms with Crippen molar-refractivity contribution in [1.29, 1.82) is 0 Å². The molecule has 0 bridgehead atoms. The third-order valence-corrected chi connectivity index (χ3v) is 1.97. The molecule has 0 atom stereocenters. The molecule has 0 unspecified atom stereocenters. The van der Waals surface area contributed by atoms with E-state index >= 15 is 0 Å². The van der Waals surface area contributed by atoms with E-state index in [1.54, 1.807) is 19.1 Å². The topological polar surface area (TPSA) is 9.23 Å². The highest BCUT2D eigenvalue weighted by atomic mass is 19.1. The van der Waals surface area contributed by atoms with Crippen molar-refractivity contribution in [2.24, 2.45) is 0 Å². The predicted molar refractivity (Wildman–Crippen MR) is 51.5 cm³/mol. The lowest BCUT2D eigenvalue weighted by Gasteiger charge is -2.08. The van der Waals surface area contributed by atoms with Gasteiger partial charge in [-0.15, -0.1) is 0 Å². The van der Waals surface area contributed by atoms with E-state index in [9.17, 15) is 4.39 Å². The summed E-state index contributed by atoms with van der Waals surface area (Å²) in [4.78, 5) is 0. The fourth-order valence-electron chi connectivity index (χ4n) is 1.07. The zero-order valence-electron chi connectivity index (χ0n) is 8.14. The molecule has 13 heavy (non-hydrogen) atoms. The molecule has 0 aromatic heterocycles. The van der Waals surface area contributed by atoms with Crippen LogP contribution >= 0.6 is 0 Å². The fourth-order valence-corrected chi connectivity index (χ4v) is 1.07. The van der Waals surface area contributed by atoms with Crippen LogP contribution < -0.4 is 4.74 Å². The molecule has 1 aromatic rings. The highest BCUT2D eigenvalue weighted by Crippen LogP contribution is 2.19. The van der Waals surface area contributed by atoms with Crippen molar-refractivity contribution in [3.63, 3.8) is 0 Å². The van der Waals surface area contributed by atoms with Crippen molar-refractivity contribution < 1.29 is 9.13 Å². The minimum atomic E-state index is -0.200. The van der Waals surface area contributed by atoms with Crippen LogP contribution in [0.4, 0.5) is 4.39 Å². The van der Waals surface area contributed by atoms with Gasteiger partial charge in [-0.2, -0.15) is 0 Å². The molecule has 0 fully saturated rings. The van der Waals surface area contributed by atoms with Crippen LogP contribution in [0.3, 0.4) is 0 Å². The lowest BCUT2D eigenvalue weighted by atomic mass is 10.2. The number of halogens is 1. The molecule has 72 valence electrons. The molecule has 1 rings (SSSR count). The van der Waals surface area contributed by atoms with Crippen LogP contribution in [-0.2, 0) is 0 Å². The van der Waals surface area contributed by atoms with Gasteiger partial charge in [-0.3, -0.25) is 0 Å². The van der Waals surface area contributed by atoms with Gasteiger partial charge in [-0.25, -0.2) is 4.39 Å².